The van der Waals surface area contributed by atoms with Gasteiger partial charge in [-0.3, -0.25) is 4.79 Å². The van der Waals surface area contributed by atoms with E-state index in [9.17, 15) is 4.79 Å². The molecule has 2 aromatic rings. The largest absolute Gasteiger partial charge is 0.383 e. The van der Waals surface area contributed by atoms with Gasteiger partial charge in [-0.2, -0.15) is 0 Å². The van der Waals surface area contributed by atoms with E-state index in [2.05, 4.69) is 42.2 Å². The van der Waals surface area contributed by atoms with Crippen molar-refractivity contribution in [3.63, 3.8) is 0 Å². The second kappa shape index (κ2) is 5.81. The molecule has 2 heterocycles. The minimum absolute atomic E-state index is 0.225. The van der Waals surface area contributed by atoms with E-state index >= 15 is 0 Å². The molecule has 0 spiro atoms. The molecule has 0 saturated heterocycles. The van der Waals surface area contributed by atoms with E-state index in [1.54, 1.807) is 23.6 Å². The number of nitrogens with zero attached hydrogens (tertiary/aromatic N) is 1. The van der Waals surface area contributed by atoms with Gasteiger partial charge in [0.1, 0.15) is 5.82 Å². The van der Waals surface area contributed by atoms with Gasteiger partial charge in [-0.25, -0.2) is 4.98 Å². The summed E-state index contributed by atoms with van der Waals surface area (Å²) in [6.07, 6.45) is 1.56. The Morgan fingerprint density at radius 2 is 2.17 bits per heavy atom. The van der Waals surface area contributed by atoms with Crippen molar-refractivity contribution in [2.45, 2.75) is 6.54 Å². The quantitative estimate of drug-likeness (QED) is 0.845. The SMILES string of the molecule is Nc1ncc(Br)cc1C(=O)NCc1cc(Br)cs1. The first kappa shape index (κ1) is 13.5. The third-order valence-corrected chi connectivity index (χ3v) is 4.31. The highest BCUT2D eigenvalue weighted by atomic mass is 79.9. The van der Waals surface area contributed by atoms with E-state index in [1.165, 1.54) is 0 Å². The van der Waals surface area contributed by atoms with Crippen LogP contribution in [0.2, 0.25) is 0 Å². The van der Waals surface area contributed by atoms with Crippen molar-refractivity contribution >= 4 is 54.9 Å². The first-order chi connectivity index (χ1) is 8.56. The highest BCUT2D eigenvalue weighted by Crippen LogP contribution is 2.20. The molecule has 4 nitrogen and oxygen atoms in total. The van der Waals surface area contributed by atoms with Gasteiger partial charge in [0.2, 0.25) is 0 Å². The molecule has 2 aromatic heterocycles. The third-order valence-electron chi connectivity index (χ3n) is 2.17. The van der Waals surface area contributed by atoms with Crippen molar-refractivity contribution in [2.75, 3.05) is 5.73 Å². The van der Waals surface area contributed by atoms with Crippen LogP contribution in [0.25, 0.3) is 0 Å². The number of rotatable bonds is 3. The lowest BCUT2D eigenvalue weighted by molar-refractivity contribution is 0.0952. The number of carbonyl (C=O) groups excluding carboxylic acids is 1. The standard InChI is InChI=1S/C11H9Br2N3OS/c12-6-2-9(10(14)15-3-6)11(17)16-4-8-1-7(13)5-18-8/h1-3,5H,4H2,(H2,14,15)(H,16,17). The molecule has 1 amide bonds. The van der Waals surface area contributed by atoms with Gasteiger partial charge in [0.25, 0.3) is 5.91 Å². The zero-order valence-corrected chi connectivity index (χ0v) is 13.1. The zero-order chi connectivity index (χ0) is 13.1. The second-order valence-electron chi connectivity index (χ2n) is 3.50. The number of nitrogens with one attached hydrogen (secondary N) is 1. The Kier molecular flexibility index (Phi) is 4.36. The van der Waals surface area contributed by atoms with E-state index in [1.807, 2.05) is 11.4 Å². The molecule has 0 radical (unpaired) electrons. The Labute approximate surface area is 125 Å². The fourth-order valence-corrected chi connectivity index (χ4v) is 3.06. The fourth-order valence-electron chi connectivity index (χ4n) is 1.34. The summed E-state index contributed by atoms with van der Waals surface area (Å²) >= 11 is 8.20. The molecule has 0 aliphatic rings. The van der Waals surface area contributed by atoms with E-state index in [0.717, 1.165) is 13.8 Å². The molecule has 18 heavy (non-hydrogen) atoms. The Morgan fingerprint density at radius 3 is 2.83 bits per heavy atom. The number of hydrogen-bond acceptors (Lipinski definition) is 4. The van der Waals surface area contributed by atoms with Crippen LogP contribution in [-0.2, 0) is 6.54 Å². The number of nitrogens with two attached hydrogens (primary N) is 1. The van der Waals surface area contributed by atoms with Crippen LogP contribution in [0.4, 0.5) is 5.82 Å². The molecule has 0 aliphatic carbocycles. The van der Waals surface area contributed by atoms with Crippen LogP contribution in [0.5, 0.6) is 0 Å². The van der Waals surface area contributed by atoms with Crippen molar-refractivity contribution in [1.82, 2.24) is 10.3 Å². The molecule has 0 aromatic carbocycles. The number of pyridine rings is 1. The van der Waals surface area contributed by atoms with Gasteiger partial charge in [0.15, 0.2) is 0 Å². The number of hydrogen-bond donors (Lipinski definition) is 2. The van der Waals surface area contributed by atoms with Crippen molar-refractivity contribution < 1.29 is 4.79 Å². The van der Waals surface area contributed by atoms with Gasteiger partial charge in [0, 0.05) is 25.4 Å². The molecule has 0 saturated carbocycles. The monoisotopic (exact) mass is 389 g/mol. The Morgan fingerprint density at radius 1 is 1.39 bits per heavy atom. The predicted octanol–water partition coefficient (Wildman–Crippen LogP) is 3.18. The van der Waals surface area contributed by atoms with Crippen LogP contribution < -0.4 is 11.1 Å². The predicted molar refractivity (Wildman–Crippen MR) is 79.5 cm³/mol. The summed E-state index contributed by atoms with van der Waals surface area (Å²) in [5.41, 5.74) is 6.04. The minimum Gasteiger partial charge on any atom is -0.383 e. The lowest BCUT2D eigenvalue weighted by Crippen LogP contribution is -2.23. The van der Waals surface area contributed by atoms with Gasteiger partial charge in [-0.05, 0) is 44.0 Å². The van der Waals surface area contributed by atoms with Gasteiger partial charge in [-0.15, -0.1) is 11.3 Å². The number of carbonyl (C=O) groups is 1. The normalized spacial score (nSPS) is 10.3. The number of thiophene rings is 1. The summed E-state index contributed by atoms with van der Waals surface area (Å²) in [6.45, 7) is 0.473. The van der Waals surface area contributed by atoms with Crippen LogP contribution in [0.15, 0.2) is 32.7 Å². The summed E-state index contributed by atoms with van der Waals surface area (Å²) in [7, 11) is 0. The lowest BCUT2D eigenvalue weighted by Gasteiger charge is -2.06. The zero-order valence-electron chi connectivity index (χ0n) is 9.11. The first-order valence-corrected chi connectivity index (χ1v) is 7.45. The lowest BCUT2D eigenvalue weighted by atomic mass is 10.2. The number of amides is 1. The molecule has 0 aliphatic heterocycles. The van der Waals surface area contributed by atoms with Crippen LogP contribution in [0, 0.1) is 0 Å². The fraction of sp³-hybridized carbons (Fsp3) is 0.0909. The maximum Gasteiger partial charge on any atom is 0.255 e. The molecule has 0 unspecified atom stereocenters. The first-order valence-electron chi connectivity index (χ1n) is 4.98. The summed E-state index contributed by atoms with van der Waals surface area (Å²) in [5, 5.41) is 4.78. The van der Waals surface area contributed by atoms with Crippen LogP contribution in [0.1, 0.15) is 15.2 Å². The van der Waals surface area contributed by atoms with Crippen molar-refractivity contribution in [1.29, 1.82) is 0 Å². The third kappa shape index (κ3) is 3.30. The molecular formula is C11H9Br2N3OS. The topological polar surface area (TPSA) is 68.0 Å². The number of nitrogen functional groups attached to an aromatic ring is 1. The van der Waals surface area contributed by atoms with Gasteiger partial charge in [0.05, 0.1) is 12.1 Å². The summed E-state index contributed by atoms with van der Waals surface area (Å²) in [6, 6.07) is 3.62. The number of aromatic nitrogens is 1. The molecule has 7 heteroatoms. The molecule has 2 rings (SSSR count). The van der Waals surface area contributed by atoms with Crippen LogP contribution in [0.3, 0.4) is 0 Å². The van der Waals surface area contributed by atoms with Crippen LogP contribution >= 0.6 is 43.2 Å². The van der Waals surface area contributed by atoms with E-state index < -0.39 is 0 Å². The molecule has 0 bridgehead atoms. The van der Waals surface area contributed by atoms with E-state index in [-0.39, 0.29) is 11.7 Å². The highest BCUT2D eigenvalue weighted by Gasteiger charge is 2.11. The summed E-state index contributed by atoms with van der Waals surface area (Å²) in [4.78, 5) is 16.9. The number of halogens is 2. The smallest absolute Gasteiger partial charge is 0.255 e. The average Bonchev–Trinajstić information content (AvgIpc) is 2.75. The second-order valence-corrected chi connectivity index (χ2v) is 6.33. The maximum atomic E-state index is 11.9. The molecule has 0 fully saturated rings. The van der Waals surface area contributed by atoms with Gasteiger partial charge >= 0.3 is 0 Å². The summed E-state index contributed by atoms with van der Waals surface area (Å²) < 4.78 is 1.74. The maximum absolute atomic E-state index is 11.9. The van der Waals surface area contributed by atoms with Crippen molar-refractivity contribution in [3.8, 4) is 0 Å². The molecule has 94 valence electrons. The Bertz CT molecular complexity index is 585. The van der Waals surface area contributed by atoms with E-state index in [0.29, 0.717) is 12.1 Å². The summed E-state index contributed by atoms with van der Waals surface area (Å²) in [5.74, 6) is -0.00566. The van der Waals surface area contributed by atoms with Gasteiger partial charge in [-0.1, -0.05) is 0 Å². The van der Waals surface area contributed by atoms with Crippen LogP contribution in [-0.4, -0.2) is 10.9 Å². The van der Waals surface area contributed by atoms with Crippen molar-refractivity contribution in [3.05, 3.63) is 43.1 Å². The Hall–Kier alpha value is -0.920. The Balaban J connectivity index is 2.05. The average molecular weight is 391 g/mol. The molecular weight excluding hydrogens is 382 g/mol. The van der Waals surface area contributed by atoms with Gasteiger partial charge < -0.3 is 11.1 Å². The minimum atomic E-state index is -0.231. The van der Waals surface area contributed by atoms with Crippen molar-refractivity contribution in [2.24, 2.45) is 0 Å². The van der Waals surface area contributed by atoms with E-state index in [4.69, 9.17) is 5.73 Å². The molecule has 0 atom stereocenters. The number of anilines is 1. The highest BCUT2D eigenvalue weighted by molar-refractivity contribution is 9.10. The molecule has 3 N–H and O–H groups in total.